The van der Waals surface area contributed by atoms with Gasteiger partial charge in [0.25, 0.3) is 0 Å². The first kappa shape index (κ1) is 18.5. The van der Waals surface area contributed by atoms with Crippen molar-refractivity contribution >= 4 is 15.8 Å². The van der Waals surface area contributed by atoms with Crippen LogP contribution in [0.15, 0.2) is 29.2 Å². The molecule has 138 valence electrons. The molecule has 2 aliphatic rings. The highest BCUT2D eigenvalue weighted by Crippen LogP contribution is 2.25. The van der Waals surface area contributed by atoms with Crippen molar-refractivity contribution in [2.24, 2.45) is 0 Å². The molecule has 25 heavy (non-hydrogen) atoms. The Morgan fingerprint density at radius 3 is 2.00 bits per heavy atom. The Morgan fingerprint density at radius 2 is 1.48 bits per heavy atom. The molecule has 0 spiro atoms. The Kier molecular flexibility index (Phi) is 5.92. The van der Waals surface area contributed by atoms with Crippen LogP contribution in [0.4, 0.5) is 0 Å². The number of hydrogen-bond donors (Lipinski definition) is 0. The van der Waals surface area contributed by atoms with E-state index in [1.54, 1.807) is 28.6 Å². The molecule has 0 N–H and O–H groups in total. The average molecular weight is 365 g/mol. The Hall–Kier alpha value is -1.24. The molecule has 0 atom stereocenters. The summed E-state index contributed by atoms with van der Waals surface area (Å²) in [7, 11) is -3.46. The summed E-state index contributed by atoms with van der Waals surface area (Å²) in [5.74, 6) is -0.0535. The fourth-order valence-corrected chi connectivity index (χ4v) is 5.39. The number of sulfonamides is 1. The van der Waals surface area contributed by atoms with Crippen molar-refractivity contribution in [3.05, 3.63) is 29.8 Å². The van der Waals surface area contributed by atoms with Gasteiger partial charge in [-0.05, 0) is 57.8 Å². The standard InChI is InChI=1S/C19H28N2O3S/c1-16(22)17-6-8-19(9-7-17)25(23,24)21-14-10-18(11-15-21)20-12-4-2-3-5-13-20/h6-9,18H,2-5,10-15H2,1H3. The van der Waals surface area contributed by atoms with E-state index < -0.39 is 10.0 Å². The number of likely N-dealkylation sites (tertiary alicyclic amines) is 1. The van der Waals surface area contributed by atoms with Crippen LogP contribution in [-0.2, 0) is 10.0 Å². The van der Waals surface area contributed by atoms with Crippen LogP contribution in [0.5, 0.6) is 0 Å². The van der Waals surface area contributed by atoms with Gasteiger partial charge in [0, 0.05) is 24.7 Å². The molecule has 5 nitrogen and oxygen atoms in total. The number of nitrogens with zero attached hydrogens (tertiary/aromatic N) is 2. The van der Waals surface area contributed by atoms with E-state index in [4.69, 9.17) is 0 Å². The van der Waals surface area contributed by atoms with Gasteiger partial charge in [0.15, 0.2) is 5.78 Å². The lowest BCUT2D eigenvalue weighted by molar-refractivity contribution is 0.101. The van der Waals surface area contributed by atoms with Crippen molar-refractivity contribution in [3.8, 4) is 0 Å². The average Bonchev–Trinajstić information content (AvgIpc) is 2.91. The van der Waals surface area contributed by atoms with Gasteiger partial charge in [-0.1, -0.05) is 25.0 Å². The van der Waals surface area contributed by atoms with Crippen molar-refractivity contribution in [1.29, 1.82) is 0 Å². The van der Waals surface area contributed by atoms with Crippen LogP contribution in [0.25, 0.3) is 0 Å². The second kappa shape index (κ2) is 7.98. The molecule has 0 bridgehead atoms. The quantitative estimate of drug-likeness (QED) is 0.771. The number of hydrogen-bond acceptors (Lipinski definition) is 4. The van der Waals surface area contributed by atoms with E-state index in [0.717, 1.165) is 25.9 Å². The smallest absolute Gasteiger partial charge is 0.243 e. The predicted molar refractivity (Wildman–Crippen MR) is 98.3 cm³/mol. The van der Waals surface area contributed by atoms with Crippen LogP contribution in [0.1, 0.15) is 55.8 Å². The van der Waals surface area contributed by atoms with Gasteiger partial charge < -0.3 is 4.90 Å². The maximum Gasteiger partial charge on any atom is 0.243 e. The third kappa shape index (κ3) is 4.30. The minimum atomic E-state index is -3.46. The molecule has 0 radical (unpaired) electrons. The Labute approximate surface area is 151 Å². The maximum atomic E-state index is 12.8. The monoisotopic (exact) mass is 364 g/mol. The molecule has 1 aromatic rings. The summed E-state index contributed by atoms with van der Waals surface area (Å²) in [6, 6.07) is 6.81. The molecule has 6 heteroatoms. The first-order valence-corrected chi connectivity index (χ1v) is 10.8. The van der Waals surface area contributed by atoms with E-state index in [9.17, 15) is 13.2 Å². The molecule has 0 saturated carbocycles. The summed E-state index contributed by atoms with van der Waals surface area (Å²) in [5.41, 5.74) is 0.541. The Balaban J connectivity index is 1.63. The van der Waals surface area contributed by atoms with Crippen LogP contribution in [0.2, 0.25) is 0 Å². The van der Waals surface area contributed by atoms with E-state index in [0.29, 0.717) is 24.7 Å². The van der Waals surface area contributed by atoms with Crippen LogP contribution >= 0.6 is 0 Å². The number of carbonyl (C=O) groups excluding carboxylic acids is 1. The van der Waals surface area contributed by atoms with Crippen LogP contribution in [0, 0.1) is 0 Å². The molecule has 2 fully saturated rings. The molecule has 0 aliphatic carbocycles. The number of piperidine rings is 1. The summed E-state index contributed by atoms with van der Waals surface area (Å²) >= 11 is 0. The number of ketones is 1. The van der Waals surface area contributed by atoms with Gasteiger partial charge in [-0.2, -0.15) is 4.31 Å². The summed E-state index contributed by atoms with van der Waals surface area (Å²) in [4.78, 5) is 14.2. The third-order valence-corrected chi connectivity index (χ3v) is 7.39. The van der Waals surface area contributed by atoms with E-state index >= 15 is 0 Å². The molecule has 3 rings (SSSR count). The molecule has 0 amide bonds. The Morgan fingerprint density at radius 1 is 0.920 bits per heavy atom. The summed E-state index contributed by atoms with van der Waals surface area (Å²) in [5, 5.41) is 0. The van der Waals surface area contributed by atoms with Gasteiger partial charge in [-0.25, -0.2) is 8.42 Å². The van der Waals surface area contributed by atoms with Crippen molar-refractivity contribution < 1.29 is 13.2 Å². The van der Waals surface area contributed by atoms with E-state index in [1.807, 2.05) is 0 Å². The molecule has 0 unspecified atom stereocenters. The zero-order valence-corrected chi connectivity index (χ0v) is 15.8. The normalized spacial score (nSPS) is 21.8. The molecule has 2 aliphatic heterocycles. The van der Waals surface area contributed by atoms with Crippen LogP contribution in [-0.4, -0.2) is 55.6 Å². The van der Waals surface area contributed by atoms with Gasteiger partial charge >= 0.3 is 0 Å². The first-order valence-electron chi connectivity index (χ1n) is 9.34. The van der Waals surface area contributed by atoms with E-state index in [1.165, 1.54) is 32.6 Å². The zero-order valence-electron chi connectivity index (χ0n) is 15.0. The summed E-state index contributed by atoms with van der Waals surface area (Å²) in [6.45, 7) is 4.96. The fraction of sp³-hybridized carbons (Fsp3) is 0.632. The minimum Gasteiger partial charge on any atom is -0.300 e. The number of carbonyl (C=O) groups is 1. The molecule has 0 aromatic heterocycles. The van der Waals surface area contributed by atoms with Gasteiger partial charge in [-0.3, -0.25) is 4.79 Å². The minimum absolute atomic E-state index is 0.0535. The lowest BCUT2D eigenvalue weighted by Gasteiger charge is -2.37. The second-order valence-electron chi connectivity index (χ2n) is 7.17. The lowest BCUT2D eigenvalue weighted by atomic mass is 10.0. The number of benzene rings is 1. The van der Waals surface area contributed by atoms with Crippen molar-refractivity contribution in [1.82, 2.24) is 9.21 Å². The number of rotatable bonds is 4. The highest BCUT2D eigenvalue weighted by molar-refractivity contribution is 7.89. The highest BCUT2D eigenvalue weighted by Gasteiger charge is 2.31. The largest absolute Gasteiger partial charge is 0.300 e. The van der Waals surface area contributed by atoms with Crippen molar-refractivity contribution in [2.75, 3.05) is 26.2 Å². The van der Waals surface area contributed by atoms with Gasteiger partial charge in [-0.15, -0.1) is 0 Å². The molecule has 1 aromatic carbocycles. The Bertz CT molecular complexity index is 684. The highest BCUT2D eigenvalue weighted by atomic mass is 32.2. The van der Waals surface area contributed by atoms with Crippen LogP contribution in [0.3, 0.4) is 0 Å². The molecule has 2 saturated heterocycles. The SMILES string of the molecule is CC(=O)c1ccc(S(=O)(=O)N2CCC(N3CCCCCC3)CC2)cc1. The maximum absolute atomic E-state index is 12.8. The van der Waals surface area contributed by atoms with E-state index in [-0.39, 0.29) is 10.7 Å². The topological polar surface area (TPSA) is 57.7 Å². The first-order chi connectivity index (χ1) is 12.0. The molecular formula is C19H28N2O3S. The fourth-order valence-electron chi connectivity index (χ4n) is 3.92. The van der Waals surface area contributed by atoms with Crippen LogP contribution < -0.4 is 0 Å². The zero-order chi connectivity index (χ0) is 17.9. The summed E-state index contributed by atoms with van der Waals surface area (Å²) < 4.78 is 27.3. The summed E-state index contributed by atoms with van der Waals surface area (Å²) in [6.07, 6.45) is 6.98. The van der Waals surface area contributed by atoms with Gasteiger partial charge in [0.1, 0.15) is 0 Å². The second-order valence-corrected chi connectivity index (χ2v) is 9.10. The predicted octanol–water partition coefficient (Wildman–Crippen LogP) is 2.92. The van der Waals surface area contributed by atoms with Crippen molar-refractivity contribution in [3.63, 3.8) is 0 Å². The van der Waals surface area contributed by atoms with Crippen molar-refractivity contribution in [2.45, 2.75) is 56.4 Å². The number of Topliss-reactive ketones (excluding diaryl/α,β-unsaturated/α-hetero) is 1. The molecular weight excluding hydrogens is 336 g/mol. The van der Waals surface area contributed by atoms with Gasteiger partial charge in [0.2, 0.25) is 10.0 Å². The van der Waals surface area contributed by atoms with Gasteiger partial charge in [0.05, 0.1) is 4.90 Å². The third-order valence-electron chi connectivity index (χ3n) is 5.48. The molecule has 2 heterocycles. The van der Waals surface area contributed by atoms with E-state index in [2.05, 4.69) is 4.90 Å². The lowest BCUT2D eigenvalue weighted by Crippen LogP contribution is -2.47.